The number of hydrazine groups is 1. The van der Waals surface area contributed by atoms with Crippen LogP contribution in [0.5, 0.6) is 0 Å². The minimum absolute atomic E-state index is 0.167. The molecule has 0 heterocycles. The standard InChI is InChI=1S/C12H18N2O2S/c1-16-6-7-17-9-11-5-3-2-4-10(11)8-12(15)14-13/h2-5H,6-9,13H2,1H3,(H,14,15). The zero-order chi connectivity index (χ0) is 12.5. The van der Waals surface area contributed by atoms with E-state index in [-0.39, 0.29) is 5.91 Å². The Morgan fingerprint density at radius 1 is 1.41 bits per heavy atom. The lowest BCUT2D eigenvalue weighted by Gasteiger charge is -2.08. The minimum atomic E-state index is -0.167. The molecule has 0 aliphatic carbocycles. The number of hydrogen-bond acceptors (Lipinski definition) is 4. The quantitative estimate of drug-likeness (QED) is 0.331. The van der Waals surface area contributed by atoms with E-state index in [4.69, 9.17) is 10.6 Å². The number of hydrogen-bond donors (Lipinski definition) is 2. The second-order valence-corrected chi connectivity index (χ2v) is 4.66. The lowest BCUT2D eigenvalue weighted by Crippen LogP contribution is -2.31. The summed E-state index contributed by atoms with van der Waals surface area (Å²) in [5.74, 6) is 6.76. The molecule has 94 valence electrons. The van der Waals surface area contributed by atoms with Crippen molar-refractivity contribution in [1.29, 1.82) is 0 Å². The molecule has 0 saturated heterocycles. The van der Waals surface area contributed by atoms with E-state index in [1.807, 2.05) is 24.3 Å². The molecule has 17 heavy (non-hydrogen) atoms. The fourth-order valence-corrected chi connectivity index (χ4v) is 2.35. The maximum atomic E-state index is 11.2. The summed E-state index contributed by atoms with van der Waals surface area (Å²) in [6, 6.07) is 7.92. The number of benzene rings is 1. The number of thioether (sulfide) groups is 1. The molecule has 0 bridgehead atoms. The molecule has 0 atom stereocenters. The van der Waals surface area contributed by atoms with Crippen molar-refractivity contribution in [1.82, 2.24) is 5.43 Å². The van der Waals surface area contributed by atoms with Gasteiger partial charge >= 0.3 is 0 Å². The second-order valence-electron chi connectivity index (χ2n) is 3.56. The van der Waals surface area contributed by atoms with Gasteiger partial charge < -0.3 is 4.74 Å². The number of nitrogens with one attached hydrogen (secondary N) is 1. The summed E-state index contributed by atoms with van der Waals surface area (Å²) in [6.07, 6.45) is 0.331. The van der Waals surface area contributed by atoms with Gasteiger partial charge in [0, 0.05) is 18.6 Å². The van der Waals surface area contributed by atoms with Gasteiger partial charge in [-0.2, -0.15) is 11.8 Å². The summed E-state index contributed by atoms with van der Waals surface area (Å²) in [5.41, 5.74) is 4.36. The smallest absolute Gasteiger partial charge is 0.238 e. The number of amides is 1. The Kier molecular flexibility index (Phi) is 6.69. The van der Waals surface area contributed by atoms with Gasteiger partial charge in [-0.05, 0) is 11.1 Å². The van der Waals surface area contributed by atoms with E-state index < -0.39 is 0 Å². The van der Waals surface area contributed by atoms with E-state index in [0.717, 1.165) is 23.7 Å². The predicted octanol–water partition coefficient (Wildman–Crippen LogP) is 1.10. The monoisotopic (exact) mass is 254 g/mol. The molecule has 4 nitrogen and oxygen atoms in total. The number of ether oxygens (including phenoxy) is 1. The molecule has 0 spiro atoms. The van der Waals surface area contributed by atoms with Crippen molar-refractivity contribution in [3.63, 3.8) is 0 Å². The van der Waals surface area contributed by atoms with Crippen molar-refractivity contribution >= 4 is 17.7 Å². The predicted molar refractivity (Wildman–Crippen MR) is 70.5 cm³/mol. The van der Waals surface area contributed by atoms with Crippen LogP contribution in [-0.2, 0) is 21.7 Å². The first-order chi connectivity index (χ1) is 8.27. The van der Waals surface area contributed by atoms with Crippen LogP contribution in [0.2, 0.25) is 0 Å². The molecule has 0 aliphatic heterocycles. The van der Waals surface area contributed by atoms with Gasteiger partial charge in [-0.15, -0.1) is 0 Å². The van der Waals surface area contributed by atoms with E-state index in [9.17, 15) is 4.79 Å². The second kappa shape index (κ2) is 8.11. The molecule has 1 amide bonds. The highest BCUT2D eigenvalue weighted by Crippen LogP contribution is 2.17. The summed E-state index contributed by atoms with van der Waals surface area (Å²) in [4.78, 5) is 11.2. The lowest BCUT2D eigenvalue weighted by molar-refractivity contribution is -0.120. The molecular formula is C12H18N2O2S. The average molecular weight is 254 g/mol. The highest BCUT2D eigenvalue weighted by atomic mass is 32.2. The van der Waals surface area contributed by atoms with Gasteiger partial charge in [0.05, 0.1) is 13.0 Å². The third-order valence-electron chi connectivity index (χ3n) is 2.32. The zero-order valence-corrected chi connectivity index (χ0v) is 10.8. The van der Waals surface area contributed by atoms with Gasteiger partial charge in [-0.25, -0.2) is 5.84 Å². The van der Waals surface area contributed by atoms with Gasteiger partial charge in [0.25, 0.3) is 0 Å². The summed E-state index contributed by atoms with van der Waals surface area (Å²) in [6.45, 7) is 0.746. The molecule has 0 aliphatic rings. The number of methoxy groups -OCH3 is 1. The molecule has 0 saturated carbocycles. The third kappa shape index (κ3) is 5.21. The maximum Gasteiger partial charge on any atom is 0.238 e. The SMILES string of the molecule is COCCSCc1ccccc1CC(=O)NN. The molecule has 1 aromatic rings. The Morgan fingerprint density at radius 2 is 2.12 bits per heavy atom. The lowest BCUT2D eigenvalue weighted by atomic mass is 10.1. The molecule has 5 heteroatoms. The molecular weight excluding hydrogens is 236 g/mol. The van der Waals surface area contributed by atoms with Crippen molar-refractivity contribution in [2.24, 2.45) is 5.84 Å². The van der Waals surface area contributed by atoms with E-state index in [1.54, 1.807) is 18.9 Å². The van der Waals surface area contributed by atoms with Gasteiger partial charge in [-0.3, -0.25) is 10.2 Å². The van der Waals surface area contributed by atoms with Crippen molar-refractivity contribution < 1.29 is 9.53 Å². The third-order valence-corrected chi connectivity index (χ3v) is 3.29. The van der Waals surface area contributed by atoms with Crippen LogP contribution in [-0.4, -0.2) is 25.4 Å². The highest BCUT2D eigenvalue weighted by Gasteiger charge is 2.06. The summed E-state index contributed by atoms with van der Waals surface area (Å²) in [7, 11) is 1.69. The topological polar surface area (TPSA) is 64.3 Å². The number of carbonyl (C=O) groups excluding carboxylic acids is 1. The minimum Gasteiger partial charge on any atom is -0.384 e. The zero-order valence-electron chi connectivity index (χ0n) is 9.94. The Hall–Kier alpha value is -1.04. The van der Waals surface area contributed by atoms with Crippen LogP contribution in [0.15, 0.2) is 24.3 Å². The summed E-state index contributed by atoms with van der Waals surface area (Å²) in [5, 5.41) is 0. The van der Waals surface area contributed by atoms with Crippen molar-refractivity contribution in [3.05, 3.63) is 35.4 Å². The highest BCUT2D eigenvalue weighted by molar-refractivity contribution is 7.98. The number of carbonyl (C=O) groups is 1. The molecule has 1 rings (SSSR count). The fraction of sp³-hybridized carbons (Fsp3) is 0.417. The summed E-state index contributed by atoms with van der Waals surface area (Å²) >= 11 is 1.79. The average Bonchev–Trinajstić information content (AvgIpc) is 2.36. The molecule has 0 unspecified atom stereocenters. The number of rotatable bonds is 7. The van der Waals surface area contributed by atoms with Crippen LogP contribution in [0.25, 0.3) is 0 Å². The van der Waals surface area contributed by atoms with E-state index in [2.05, 4.69) is 5.43 Å². The van der Waals surface area contributed by atoms with Crippen molar-refractivity contribution in [2.45, 2.75) is 12.2 Å². The van der Waals surface area contributed by atoms with Crippen LogP contribution < -0.4 is 11.3 Å². The first kappa shape index (κ1) is 14.0. The Balaban J connectivity index is 2.54. The Labute approximate surface area is 106 Å². The van der Waals surface area contributed by atoms with E-state index in [1.165, 1.54) is 5.56 Å². The molecule has 0 fully saturated rings. The van der Waals surface area contributed by atoms with E-state index in [0.29, 0.717) is 6.42 Å². The van der Waals surface area contributed by atoms with Crippen LogP contribution >= 0.6 is 11.8 Å². The molecule has 0 aromatic heterocycles. The largest absolute Gasteiger partial charge is 0.384 e. The number of nitrogens with two attached hydrogens (primary N) is 1. The Bertz CT molecular complexity index is 358. The van der Waals surface area contributed by atoms with Crippen molar-refractivity contribution in [2.75, 3.05) is 19.5 Å². The van der Waals surface area contributed by atoms with Gasteiger partial charge in [0.15, 0.2) is 0 Å². The van der Waals surface area contributed by atoms with Gasteiger partial charge in [0.1, 0.15) is 0 Å². The van der Waals surface area contributed by atoms with Gasteiger partial charge in [0.2, 0.25) is 5.91 Å². The summed E-state index contributed by atoms with van der Waals surface area (Å²) < 4.78 is 4.99. The van der Waals surface area contributed by atoms with Crippen LogP contribution in [0.1, 0.15) is 11.1 Å². The van der Waals surface area contributed by atoms with Gasteiger partial charge in [-0.1, -0.05) is 24.3 Å². The van der Waals surface area contributed by atoms with Crippen LogP contribution in [0.4, 0.5) is 0 Å². The first-order valence-electron chi connectivity index (χ1n) is 5.41. The maximum absolute atomic E-state index is 11.2. The van der Waals surface area contributed by atoms with E-state index >= 15 is 0 Å². The normalized spacial score (nSPS) is 10.2. The molecule has 1 aromatic carbocycles. The first-order valence-corrected chi connectivity index (χ1v) is 6.56. The molecule has 0 radical (unpaired) electrons. The van der Waals surface area contributed by atoms with Crippen LogP contribution in [0.3, 0.4) is 0 Å². The van der Waals surface area contributed by atoms with Crippen molar-refractivity contribution in [3.8, 4) is 0 Å². The van der Waals surface area contributed by atoms with Crippen LogP contribution in [0, 0.1) is 0 Å². The molecule has 3 N–H and O–H groups in total. The Morgan fingerprint density at radius 3 is 2.76 bits per heavy atom. The fourth-order valence-electron chi connectivity index (χ4n) is 1.42.